The molecule has 0 fully saturated rings. The number of nitrogens with zero attached hydrogens (tertiary/aromatic N) is 2. The molecule has 0 saturated heterocycles. The summed E-state index contributed by atoms with van der Waals surface area (Å²) in [7, 11) is 0. The Hall–Kier alpha value is -1.69. The van der Waals surface area contributed by atoms with Crippen molar-refractivity contribution in [2.75, 3.05) is 0 Å². The Morgan fingerprint density at radius 3 is 2.79 bits per heavy atom. The second kappa shape index (κ2) is 5.52. The quantitative estimate of drug-likeness (QED) is 0.933. The molecule has 2 unspecified atom stereocenters. The number of aliphatic carboxylic acids is 1. The van der Waals surface area contributed by atoms with Crippen LogP contribution in [0.15, 0.2) is 33.3 Å². The number of hydrogen-bond donors (Lipinski definition) is 1. The predicted octanol–water partition coefficient (Wildman–Crippen LogP) is 3.32. The van der Waals surface area contributed by atoms with Crippen LogP contribution in [0.4, 0.5) is 0 Å². The molecule has 0 aliphatic heterocycles. The van der Waals surface area contributed by atoms with Crippen LogP contribution in [0.5, 0.6) is 0 Å². The topological polar surface area (TPSA) is 76.2 Å². The van der Waals surface area contributed by atoms with Crippen LogP contribution < -0.4 is 0 Å². The van der Waals surface area contributed by atoms with E-state index in [2.05, 4.69) is 26.1 Å². The lowest BCUT2D eigenvalue weighted by molar-refractivity contribution is -0.141. The number of aromatic nitrogens is 2. The molecule has 2 rings (SSSR count). The number of rotatable bonds is 4. The van der Waals surface area contributed by atoms with Gasteiger partial charge in [-0.05, 0) is 12.1 Å². The highest BCUT2D eigenvalue weighted by Crippen LogP contribution is 2.26. The van der Waals surface area contributed by atoms with Crippen LogP contribution in [0.3, 0.4) is 0 Å². The zero-order chi connectivity index (χ0) is 14.0. The number of carboxylic acid groups (broad SMARTS) is 1. The molecule has 0 amide bonds. The van der Waals surface area contributed by atoms with E-state index in [1.807, 2.05) is 24.3 Å². The van der Waals surface area contributed by atoms with Crippen LogP contribution in [0.25, 0.3) is 11.4 Å². The van der Waals surface area contributed by atoms with Gasteiger partial charge in [0, 0.05) is 16.0 Å². The highest BCUT2D eigenvalue weighted by atomic mass is 79.9. The second-order valence-corrected chi connectivity index (χ2v) is 5.30. The van der Waals surface area contributed by atoms with E-state index in [0.29, 0.717) is 11.7 Å². The number of hydrogen-bond acceptors (Lipinski definition) is 4. The van der Waals surface area contributed by atoms with Gasteiger partial charge in [-0.2, -0.15) is 4.98 Å². The summed E-state index contributed by atoms with van der Waals surface area (Å²) < 4.78 is 6.07. The van der Waals surface area contributed by atoms with Crippen LogP contribution in [-0.4, -0.2) is 21.2 Å². The molecule has 0 spiro atoms. The Balaban J connectivity index is 2.26. The van der Waals surface area contributed by atoms with Crippen LogP contribution in [0.1, 0.15) is 25.7 Å². The van der Waals surface area contributed by atoms with Gasteiger partial charge in [-0.3, -0.25) is 4.79 Å². The summed E-state index contributed by atoms with van der Waals surface area (Å²) in [6, 6.07) is 7.52. The lowest BCUT2D eigenvalue weighted by atomic mass is 9.96. The van der Waals surface area contributed by atoms with Crippen LogP contribution >= 0.6 is 15.9 Å². The number of carbonyl (C=O) groups is 1. The first-order chi connectivity index (χ1) is 8.99. The van der Waals surface area contributed by atoms with Gasteiger partial charge in [0.1, 0.15) is 0 Å². The third-order valence-electron chi connectivity index (χ3n) is 3.05. The van der Waals surface area contributed by atoms with Gasteiger partial charge in [0.15, 0.2) is 0 Å². The summed E-state index contributed by atoms with van der Waals surface area (Å²) in [5.74, 6) is -0.984. The largest absolute Gasteiger partial charge is 0.481 e. The Morgan fingerprint density at radius 2 is 2.16 bits per heavy atom. The molecule has 0 saturated carbocycles. The molecule has 0 aliphatic rings. The molecule has 2 aromatic rings. The summed E-state index contributed by atoms with van der Waals surface area (Å²) in [6.45, 7) is 3.38. The second-order valence-electron chi connectivity index (χ2n) is 4.38. The maximum atomic E-state index is 10.9. The summed E-state index contributed by atoms with van der Waals surface area (Å²) >= 11 is 3.37. The van der Waals surface area contributed by atoms with Crippen molar-refractivity contribution in [3.8, 4) is 11.4 Å². The normalized spacial score (nSPS) is 14.1. The molecule has 100 valence electrons. The van der Waals surface area contributed by atoms with Crippen molar-refractivity contribution >= 4 is 21.9 Å². The molecule has 1 aromatic carbocycles. The first-order valence-electron chi connectivity index (χ1n) is 5.81. The van der Waals surface area contributed by atoms with Gasteiger partial charge in [0.05, 0.1) is 5.92 Å². The van der Waals surface area contributed by atoms with E-state index in [4.69, 9.17) is 9.63 Å². The Labute approximate surface area is 118 Å². The Morgan fingerprint density at radius 1 is 1.42 bits per heavy atom. The monoisotopic (exact) mass is 324 g/mol. The molecule has 2 atom stereocenters. The van der Waals surface area contributed by atoms with Gasteiger partial charge in [0.2, 0.25) is 11.7 Å². The summed E-state index contributed by atoms with van der Waals surface area (Å²) in [6.07, 6.45) is 0. The van der Waals surface area contributed by atoms with Crippen LogP contribution in [-0.2, 0) is 4.79 Å². The lowest BCUT2D eigenvalue weighted by Crippen LogP contribution is -2.16. The van der Waals surface area contributed by atoms with Crippen LogP contribution in [0.2, 0.25) is 0 Å². The van der Waals surface area contributed by atoms with Crippen molar-refractivity contribution in [3.05, 3.63) is 34.6 Å². The molecular formula is C13H13BrN2O3. The van der Waals surface area contributed by atoms with Crippen molar-refractivity contribution in [1.29, 1.82) is 0 Å². The van der Waals surface area contributed by atoms with E-state index in [9.17, 15) is 4.79 Å². The average molecular weight is 325 g/mol. The molecule has 0 bridgehead atoms. The number of halogens is 1. The highest BCUT2D eigenvalue weighted by molar-refractivity contribution is 9.10. The van der Waals surface area contributed by atoms with Gasteiger partial charge >= 0.3 is 5.97 Å². The van der Waals surface area contributed by atoms with Crippen molar-refractivity contribution in [2.24, 2.45) is 5.92 Å². The fourth-order valence-corrected chi connectivity index (χ4v) is 1.99. The minimum Gasteiger partial charge on any atom is -0.481 e. The van der Waals surface area contributed by atoms with Crippen LogP contribution in [0, 0.1) is 5.92 Å². The van der Waals surface area contributed by atoms with Gasteiger partial charge in [-0.1, -0.05) is 47.1 Å². The molecule has 1 N–H and O–H groups in total. The van der Waals surface area contributed by atoms with Crippen molar-refractivity contribution < 1.29 is 14.4 Å². The highest BCUT2D eigenvalue weighted by Gasteiger charge is 2.26. The molecule has 5 nitrogen and oxygen atoms in total. The maximum absolute atomic E-state index is 10.9. The molecule has 0 aliphatic carbocycles. The summed E-state index contributed by atoms with van der Waals surface area (Å²) in [4.78, 5) is 15.2. The first-order valence-corrected chi connectivity index (χ1v) is 6.60. The van der Waals surface area contributed by atoms with E-state index in [1.54, 1.807) is 13.8 Å². The molecule has 0 radical (unpaired) electrons. The lowest BCUT2D eigenvalue weighted by Gasteiger charge is -2.10. The molecule has 1 aromatic heterocycles. The van der Waals surface area contributed by atoms with E-state index in [0.717, 1.165) is 10.0 Å². The van der Waals surface area contributed by atoms with Crippen molar-refractivity contribution in [3.63, 3.8) is 0 Å². The molecule has 6 heteroatoms. The minimum atomic E-state index is -0.880. The predicted molar refractivity (Wildman–Crippen MR) is 72.6 cm³/mol. The van der Waals surface area contributed by atoms with E-state index in [-0.39, 0.29) is 5.92 Å². The number of benzene rings is 1. The average Bonchev–Trinajstić information content (AvgIpc) is 2.86. The minimum absolute atomic E-state index is 0.328. The van der Waals surface area contributed by atoms with Crippen molar-refractivity contribution in [1.82, 2.24) is 10.1 Å². The molecule has 1 heterocycles. The first kappa shape index (κ1) is 13.7. The van der Waals surface area contributed by atoms with Gasteiger partial charge in [0.25, 0.3) is 0 Å². The third-order valence-corrected chi connectivity index (χ3v) is 3.55. The van der Waals surface area contributed by atoms with Crippen molar-refractivity contribution in [2.45, 2.75) is 19.8 Å². The summed E-state index contributed by atoms with van der Waals surface area (Å²) in [5.41, 5.74) is 0.819. The Kier molecular flexibility index (Phi) is 3.99. The fraction of sp³-hybridized carbons (Fsp3) is 0.308. The smallest absolute Gasteiger partial charge is 0.307 e. The third kappa shape index (κ3) is 3.01. The standard InChI is InChI=1S/C13H13BrN2O3/c1-7(8(2)13(17)18)12-15-11(16-19-12)9-4-3-5-10(14)6-9/h3-8H,1-2H3,(H,17,18). The van der Waals surface area contributed by atoms with Gasteiger partial charge in [-0.15, -0.1) is 0 Å². The summed E-state index contributed by atoms with van der Waals surface area (Å²) in [5, 5.41) is 12.9. The zero-order valence-corrected chi connectivity index (χ0v) is 12.1. The van der Waals surface area contributed by atoms with E-state index in [1.165, 1.54) is 0 Å². The molecule has 19 heavy (non-hydrogen) atoms. The van der Waals surface area contributed by atoms with E-state index < -0.39 is 11.9 Å². The SMILES string of the molecule is CC(C(=O)O)C(C)c1nc(-c2cccc(Br)c2)no1. The molecular weight excluding hydrogens is 312 g/mol. The Bertz CT molecular complexity index is 597. The van der Waals surface area contributed by atoms with Gasteiger partial charge in [-0.25, -0.2) is 0 Å². The van der Waals surface area contributed by atoms with E-state index >= 15 is 0 Å². The fourth-order valence-electron chi connectivity index (χ4n) is 1.59. The maximum Gasteiger partial charge on any atom is 0.307 e. The number of carboxylic acids is 1. The van der Waals surface area contributed by atoms with Gasteiger partial charge < -0.3 is 9.63 Å². The zero-order valence-electron chi connectivity index (χ0n) is 10.5.